The van der Waals surface area contributed by atoms with Gasteiger partial charge in [0.2, 0.25) is 5.91 Å². The van der Waals surface area contributed by atoms with Gasteiger partial charge in [0.05, 0.1) is 11.8 Å². The molecule has 0 unspecified atom stereocenters. The van der Waals surface area contributed by atoms with Gasteiger partial charge in [-0.05, 0) is 54.0 Å². The van der Waals surface area contributed by atoms with Crippen molar-refractivity contribution < 1.29 is 14.7 Å². The zero-order chi connectivity index (χ0) is 14.6. The number of hydrogen-bond donors (Lipinski definition) is 2. The maximum atomic E-state index is 11.9. The maximum Gasteiger partial charge on any atom is 0.311 e. The first-order chi connectivity index (χ1) is 9.52. The van der Waals surface area contributed by atoms with Crippen molar-refractivity contribution in [1.82, 2.24) is 5.32 Å². The average molecular weight is 295 g/mol. The fraction of sp³-hybridized carbons (Fsp3) is 0.600. The summed E-state index contributed by atoms with van der Waals surface area (Å²) in [4.78, 5) is 23.4. The Bertz CT molecular complexity index is 461. The summed E-state index contributed by atoms with van der Waals surface area (Å²) >= 11 is 1.56. The van der Waals surface area contributed by atoms with Crippen molar-refractivity contribution >= 4 is 23.2 Å². The molecule has 20 heavy (non-hydrogen) atoms. The highest BCUT2D eigenvalue weighted by molar-refractivity contribution is 7.07. The summed E-state index contributed by atoms with van der Waals surface area (Å²) in [5, 5.41) is 16.2. The van der Waals surface area contributed by atoms with E-state index in [0.29, 0.717) is 25.2 Å². The molecule has 0 atom stereocenters. The summed E-state index contributed by atoms with van der Waals surface area (Å²) < 4.78 is 0. The van der Waals surface area contributed by atoms with E-state index in [1.165, 1.54) is 0 Å². The van der Waals surface area contributed by atoms with E-state index < -0.39 is 11.4 Å². The van der Waals surface area contributed by atoms with E-state index in [-0.39, 0.29) is 12.5 Å². The van der Waals surface area contributed by atoms with Crippen LogP contribution in [0.25, 0.3) is 0 Å². The van der Waals surface area contributed by atoms with E-state index in [9.17, 15) is 14.7 Å². The molecule has 4 nitrogen and oxygen atoms in total. The molecule has 0 radical (unpaired) electrons. The lowest BCUT2D eigenvalue weighted by atomic mass is 9.71. The molecule has 0 saturated heterocycles. The van der Waals surface area contributed by atoms with Crippen LogP contribution in [0, 0.1) is 11.3 Å². The van der Waals surface area contributed by atoms with Gasteiger partial charge >= 0.3 is 5.97 Å². The molecule has 1 saturated carbocycles. The standard InChI is InChI=1S/C15H21NO3S/c1-11-2-5-15(6-3-11,14(18)19)10-16-13(17)8-12-4-7-20-9-12/h4,7,9,11H,2-3,5-6,8,10H2,1H3,(H,16,17)(H,18,19). The third kappa shape index (κ3) is 3.60. The summed E-state index contributed by atoms with van der Waals surface area (Å²) in [5.41, 5.74) is 0.214. The Morgan fingerprint density at radius 3 is 2.70 bits per heavy atom. The highest BCUT2D eigenvalue weighted by Crippen LogP contribution is 2.38. The normalized spacial score (nSPS) is 26.1. The van der Waals surface area contributed by atoms with E-state index in [0.717, 1.165) is 18.4 Å². The van der Waals surface area contributed by atoms with Gasteiger partial charge in [-0.1, -0.05) is 6.92 Å². The van der Waals surface area contributed by atoms with Crippen molar-refractivity contribution in [3.8, 4) is 0 Å². The minimum absolute atomic E-state index is 0.0948. The molecule has 0 aromatic carbocycles. The molecule has 0 spiro atoms. The smallest absolute Gasteiger partial charge is 0.311 e. The second kappa shape index (κ2) is 6.39. The van der Waals surface area contributed by atoms with Crippen molar-refractivity contribution in [1.29, 1.82) is 0 Å². The summed E-state index contributed by atoms with van der Waals surface area (Å²) in [7, 11) is 0. The molecule has 1 amide bonds. The van der Waals surface area contributed by atoms with E-state index >= 15 is 0 Å². The van der Waals surface area contributed by atoms with Crippen molar-refractivity contribution in [2.75, 3.05) is 6.54 Å². The Balaban J connectivity index is 1.89. The molecule has 1 aliphatic carbocycles. The van der Waals surface area contributed by atoms with Crippen LogP contribution >= 0.6 is 11.3 Å². The Morgan fingerprint density at radius 1 is 1.45 bits per heavy atom. The molecule has 0 bridgehead atoms. The monoisotopic (exact) mass is 295 g/mol. The molecular weight excluding hydrogens is 274 g/mol. The van der Waals surface area contributed by atoms with Gasteiger partial charge in [-0.15, -0.1) is 0 Å². The van der Waals surface area contributed by atoms with Crippen LogP contribution in [0.15, 0.2) is 16.8 Å². The van der Waals surface area contributed by atoms with E-state index in [1.807, 2.05) is 16.8 Å². The number of amides is 1. The molecule has 1 heterocycles. The molecule has 1 aliphatic rings. The molecule has 1 aromatic heterocycles. The second-order valence-electron chi connectivity index (χ2n) is 5.85. The Kier molecular flexibility index (Phi) is 4.81. The highest BCUT2D eigenvalue weighted by Gasteiger charge is 2.41. The molecule has 5 heteroatoms. The minimum atomic E-state index is -0.778. The number of rotatable bonds is 5. The van der Waals surface area contributed by atoms with Gasteiger partial charge in [0, 0.05) is 6.54 Å². The molecule has 2 N–H and O–H groups in total. The summed E-state index contributed by atoms with van der Waals surface area (Å²) in [6.07, 6.45) is 3.49. The predicted molar refractivity (Wildman–Crippen MR) is 78.7 cm³/mol. The van der Waals surface area contributed by atoms with E-state index in [4.69, 9.17) is 0 Å². The van der Waals surface area contributed by atoms with Crippen LogP contribution in [0.4, 0.5) is 0 Å². The summed E-state index contributed by atoms with van der Waals surface area (Å²) in [6, 6.07) is 1.92. The van der Waals surface area contributed by atoms with Crippen molar-refractivity contribution in [2.45, 2.75) is 39.0 Å². The van der Waals surface area contributed by atoms with Crippen LogP contribution < -0.4 is 5.32 Å². The highest BCUT2D eigenvalue weighted by atomic mass is 32.1. The van der Waals surface area contributed by atoms with Gasteiger partial charge in [0.25, 0.3) is 0 Å². The molecule has 1 aromatic rings. The number of aliphatic carboxylic acids is 1. The number of carboxylic acids is 1. The molecule has 2 rings (SSSR count). The van der Waals surface area contributed by atoms with Crippen LogP contribution in [0.3, 0.4) is 0 Å². The van der Waals surface area contributed by atoms with Gasteiger partial charge in [-0.25, -0.2) is 0 Å². The quantitative estimate of drug-likeness (QED) is 0.877. The predicted octanol–water partition coefficient (Wildman–Crippen LogP) is 2.69. The topological polar surface area (TPSA) is 66.4 Å². The lowest BCUT2D eigenvalue weighted by Gasteiger charge is -2.35. The van der Waals surface area contributed by atoms with Gasteiger partial charge in [0.15, 0.2) is 0 Å². The third-order valence-corrected chi connectivity index (χ3v) is 4.99. The van der Waals surface area contributed by atoms with E-state index in [2.05, 4.69) is 12.2 Å². The molecule has 0 aliphatic heterocycles. The number of thiophene rings is 1. The Morgan fingerprint density at radius 2 is 2.15 bits per heavy atom. The van der Waals surface area contributed by atoms with Crippen LogP contribution in [-0.4, -0.2) is 23.5 Å². The molecular formula is C15H21NO3S. The van der Waals surface area contributed by atoms with Crippen LogP contribution in [0.5, 0.6) is 0 Å². The second-order valence-corrected chi connectivity index (χ2v) is 6.63. The minimum Gasteiger partial charge on any atom is -0.481 e. The molecule has 1 fully saturated rings. The van der Waals surface area contributed by atoms with Crippen molar-refractivity contribution in [3.63, 3.8) is 0 Å². The van der Waals surface area contributed by atoms with Crippen LogP contribution in [-0.2, 0) is 16.0 Å². The molecule has 110 valence electrons. The van der Waals surface area contributed by atoms with Crippen molar-refractivity contribution in [2.24, 2.45) is 11.3 Å². The van der Waals surface area contributed by atoms with Crippen LogP contribution in [0.2, 0.25) is 0 Å². The van der Waals surface area contributed by atoms with Crippen LogP contribution in [0.1, 0.15) is 38.2 Å². The Labute approximate surface area is 123 Å². The number of nitrogens with one attached hydrogen (secondary N) is 1. The first kappa shape index (κ1) is 15.0. The van der Waals surface area contributed by atoms with Gasteiger partial charge in [-0.2, -0.15) is 11.3 Å². The fourth-order valence-electron chi connectivity index (χ4n) is 2.69. The number of hydrogen-bond acceptors (Lipinski definition) is 3. The Hall–Kier alpha value is -1.36. The lowest BCUT2D eigenvalue weighted by molar-refractivity contribution is -0.151. The largest absolute Gasteiger partial charge is 0.481 e. The van der Waals surface area contributed by atoms with E-state index in [1.54, 1.807) is 11.3 Å². The average Bonchev–Trinajstić information content (AvgIpc) is 2.91. The SMILES string of the molecule is CC1CCC(CNC(=O)Cc2ccsc2)(C(=O)O)CC1. The van der Waals surface area contributed by atoms with Crippen molar-refractivity contribution in [3.05, 3.63) is 22.4 Å². The van der Waals surface area contributed by atoms with Gasteiger partial charge in [-0.3, -0.25) is 9.59 Å². The number of carbonyl (C=O) groups excluding carboxylic acids is 1. The zero-order valence-corrected chi connectivity index (χ0v) is 12.5. The summed E-state index contributed by atoms with van der Waals surface area (Å²) in [6.45, 7) is 2.40. The zero-order valence-electron chi connectivity index (χ0n) is 11.7. The lowest BCUT2D eigenvalue weighted by Crippen LogP contribution is -2.45. The fourth-order valence-corrected chi connectivity index (χ4v) is 3.36. The van der Waals surface area contributed by atoms with Gasteiger partial charge < -0.3 is 10.4 Å². The maximum absolute atomic E-state index is 11.9. The van der Waals surface area contributed by atoms with Gasteiger partial charge in [0.1, 0.15) is 0 Å². The first-order valence-electron chi connectivity index (χ1n) is 7.03. The first-order valence-corrected chi connectivity index (χ1v) is 7.97. The summed E-state index contributed by atoms with van der Waals surface area (Å²) in [5.74, 6) is -0.285. The number of carboxylic acid groups (broad SMARTS) is 1. The third-order valence-electron chi connectivity index (χ3n) is 4.25. The number of carbonyl (C=O) groups is 2.